The first-order chi connectivity index (χ1) is 11.6. The lowest BCUT2D eigenvalue weighted by atomic mass is 10.1. The van der Waals surface area contributed by atoms with Gasteiger partial charge in [-0.3, -0.25) is 9.63 Å². The van der Waals surface area contributed by atoms with E-state index in [-0.39, 0.29) is 5.91 Å². The Hall–Kier alpha value is -2.43. The lowest BCUT2D eigenvalue weighted by Crippen LogP contribution is -2.37. The van der Waals surface area contributed by atoms with E-state index in [1.165, 1.54) is 5.06 Å². The lowest BCUT2D eigenvalue weighted by Gasteiger charge is -2.19. The van der Waals surface area contributed by atoms with Gasteiger partial charge in [0.25, 0.3) is 5.91 Å². The minimum absolute atomic E-state index is 0.179. The monoisotopic (exact) mass is 323 g/mol. The molecule has 24 heavy (non-hydrogen) atoms. The summed E-state index contributed by atoms with van der Waals surface area (Å²) in [4.78, 5) is 18.3. The average molecular weight is 323 g/mol. The molecule has 4 heteroatoms. The maximum atomic E-state index is 12.5. The highest BCUT2D eigenvalue weighted by molar-refractivity contribution is 5.85. The summed E-state index contributed by atoms with van der Waals surface area (Å²) in [5, 5.41) is 1.33. The van der Waals surface area contributed by atoms with Crippen LogP contribution in [0.3, 0.4) is 0 Å². The normalized spacial score (nSPS) is 20.0. The number of carbonyl (C=O) groups is 1. The van der Waals surface area contributed by atoms with E-state index in [0.29, 0.717) is 6.61 Å². The molecule has 0 aliphatic carbocycles. The van der Waals surface area contributed by atoms with Crippen LogP contribution in [0.15, 0.2) is 66.7 Å². The van der Waals surface area contributed by atoms with Crippen molar-refractivity contribution in [2.75, 3.05) is 0 Å². The van der Waals surface area contributed by atoms with E-state index in [4.69, 9.17) is 9.57 Å². The van der Waals surface area contributed by atoms with Crippen LogP contribution in [0.4, 0.5) is 0 Å². The van der Waals surface area contributed by atoms with Gasteiger partial charge in [-0.05, 0) is 31.1 Å². The molecule has 1 atom stereocenters. The van der Waals surface area contributed by atoms with Gasteiger partial charge in [-0.25, -0.2) is 0 Å². The summed E-state index contributed by atoms with van der Waals surface area (Å²) in [7, 11) is 0. The maximum absolute atomic E-state index is 12.5. The standard InChI is InChI=1S/C20H21NO3/c1-20(2)19(22)21(23-15-17-11-7-4-8-12-17)18(24-20)14-13-16-9-5-3-6-10-16/h3-14,18H,15H2,1-2H3. The molecule has 0 bridgehead atoms. The van der Waals surface area contributed by atoms with Crippen molar-refractivity contribution in [3.63, 3.8) is 0 Å². The summed E-state index contributed by atoms with van der Waals surface area (Å²) < 4.78 is 5.85. The minimum atomic E-state index is -0.900. The van der Waals surface area contributed by atoms with Crippen LogP contribution in [-0.4, -0.2) is 22.8 Å². The summed E-state index contributed by atoms with van der Waals surface area (Å²) in [5.41, 5.74) is 1.14. The fourth-order valence-corrected chi connectivity index (χ4v) is 2.51. The Morgan fingerprint density at radius 2 is 1.71 bits per heavy atom. The number of ether oxygens (including phenoxy) is 1. The first-order valence-electron chi connectivity index (χ1n) is 7.98. The van der Waals surface area contributed by atoms with Crippen LogP contribution < -0.4 is 0 Å². The molecule has 2 aromatic rings. The molecule has 1 saturated heterocycles. The Labute approximate surface area is 142 Å². The Morgan fingerprint density at radius 1 is 1.08 bits per heavy atom. The van der Waals surface area contributed by atoms with Crippen molar-refractivity contribution < 1.29 is 14.4 Å². The Morgan fingerprint density at radius 3 is 2.38 bits per heavy atom. The zero-order valence-corrected chi connectivity index (χ0v) is 13.9. The summed E-state index contributed by atoms with van der Waals surface area (Å²) in [6, 6.07) is 19.6. The van der Waals surface area contributed by atoms with Crippen molar-refractivity contribution in [2.45, 2.75) is 32.3 Å². The molecule has 4 nitrogen and oxygen atoms in total. The fourth-order valence-electron chi connectivity index (χ4n) is 2.51. The third-order valence-corrected chi connectivity index (χ3v) is 3.83. The summed E-state index contributed by atoms with van der Waals surface area (Å²) in [5.74, 6) is -0.179. The van der Waals surface area contributed by atoms with Gasteiger partial charge >= 0.3 is 0 Å². The quantitative estimate of drug-likeness (QED) is 0.840. The van der Waals surface area contributed by atoms with E-state index in [1.807, 2.05) is 72.8 Å². The van der Waals surface area contributed by atoms with E-state index < -0.39 is 11.8 Å². The van der Waals surface area contributed by atoms with Gasteiger partial charge in [-0.2, -0.15) is 5.06 Å². The van der Waals surface area contributed by atoms with Gasteiger partial charge in [0.15, 0.2) is 6.23 Å². The highest BCUT2D eigenvalue weighted by Crippen LogP contribution is 2.29. The van der Waals surface area contributed by atoms with Crippen LogP contribution in [0, 0.1) is 0 Å². The Kier molecular flexibility index (Phi) is 4.79. The highest BCUT2D eigenvalue weighted by atomic mass is 16.7. The molecule has 1 amide bonds. The summed E-state index contributed by atoms with van der Waals surface area (Å²) in [6.45, 7) is 3.83. The van der Waals surface area contributed by atoms with Crippen LogP contribution in [-0.2, 0) is 21.0 Å². The van der Waals surface area contributed by atoms with Gasteiger partial charge in [0.2, 0.25) is 0 Å². The van der Waals surface area contributed by atoms with Gasteiger partial charge in [-0.1, -0.05) is 66.7 Å². The Bertz CT molecular complexity index is 710. The third kappa shape index (κ3) is 3.72. The van der Waals surface area contributed by atoms with E-state index in [0.717, 1.165) is 11.1 Å². The van der Waals surface area contributed by atoms with Crippen molar-refractivity contribution in [1.82, 2.24) is 5.06 Å². The number of nitrogens with zero attached hydrogens (tertiary/aromatic N) is 1. The number of hydroxylamine groups is 2. The number of amides is 1. The van der Waals surface area contributed by atoms with E-state index >= 15 is 0 Å². The number of hydrogen-bond donors (Lipinski definition) is 0. The molecule has 1 unspecified atom stereocenters. The largest absolute Gasteiger partial charge is 0.336 e. The number of carbonyl (C=O) groups excluding carboxylic acids is 1. The second-order valence-corrected chi connectivity index (χ2v) is 6.18. The van der Waals surface area contributed by atoms with Gasteiger partial charge < -0.3 is 4.74 Å². The van der Waals surface area contributed by atoms with Crippen molar-refractivity contribution in [1.29, 1.82) is 0 Å². The smallest absolute Gasteiger partial charge is 0.280 e. The molecule has 3 rings (SSSR count). The zero-order valence-electron chi connectivity index (χ0n) is 13.9. The lowest BCUT2D eigenvalue weighted by molar-refractivity contribution is -0.204. The zero-order chi connectivity index (χ0) is 17.0. The third-order valence-electron chi connectivity index (χ3n) is 3.83. The highest BCUT2D eigenvalue weighted by Gasteiger charge is 2.46. The predicted octanol–water partition coefficient (Wildman–Crippen LogP) is 3.80. The number of rotatable bonds is 5. The first-order valence-corrected chi connectivity index (χ1v) is 7.98. The second-order valence-electron chi connectivity index (χ2n) is 6.18. The van der Waals surface area contributed by atoms with Crippen molar-refractivity contribution in [3.05, 3.63) is 77.9 Å². The molecule has 1 fully saturated rings. The van der Waals surface area contributed by atoms with Crippen LogP contribution in [0.1, 0.15) is 25.0 Å². The van der Waals surface area contributed by atoms with Crippen LogP contribution in [0.5, 0.6) is 0 Å². The van der Waals surface area contributed by atoms with E-state index in [9.17, 15) is 4.79 Å². The van der Waals surface area contributed by atoms with Gasteiger partial charge in [-0.15, -0.1) is 0 Å². The molecule has 0 spiro atoms. The predicted molar refractivity (Wildman–Crippen MR) is 92.5 cm³/mol. The van der Waals surface area contributed by atoms with Gasteiger partial charge in [0.1, 0.15) is 12.2 Å². The fraction of sp³-hybridized carbons (Fsp3) is 0.250. The molecule has 124 valence electrons. The molecule has 1 aliphatic heterocycles. The minimum Gasteiger partial charge on any atom is -0.336 e. The molecule has 1 heterocycles. The molecular weight excluding hydrogens is 302 g/mol. The second kappa shape index (κ2) is 6.99. The van der Waals surface area contributed by atoms with Crippen molar-refractivity contribution in [3.8, 4) is 0 Å². The Balaban J connectivity index is 1.73. The van der Waals surface area contributed by atoms with Crippen LogP contribution in [0.25, 0.3) is 6.08 Å². The van der Waals surface area contributed by atoms with Crippen LogP contribution in [0.2, 0.25) is 0 Å². The SMILES string of the molecule is CC1(C)OC(C=Cc2ccccc2)N(OCc2ccccc2)C1=O. The topological polar surface area (TPSA) is 38.8 Å². The molecule has 0 saturated carbocycles. The molecule has 1 aliphatic rings. The van der Waals surface area contributed by atoms with E-state index in [1.54, 1.807) is 13.8 Å². The average Bonchev–Trinajstić information content (AvgIpc) is 2.82. The first kappa shape index (κ1) is 16.4. The van der Waals surface area contributed by atoms with Gasteiger partial charge in [0.05, 0.1) is 0 Å². The number of benzene rings is 2. The van der Waals surface area contributed by atoms with Crippen LogP contribution >= 0.6 is 0 Å². The van der Waals surface area contributed by atoms with E-state index in [2.05, 4.69) is 0 Å². The molecular formula is C20H21NO3. The summed E-state index contributed by atoms with van der Waals surface area (Å²) in [6.07, 6.45) is 3.22. The number of hydrogen-bond acceptors (Lipinski definition) is 3. The molecule has 2 aromatic carbocycles. The van der Waals surface area contributed by atoms with Crippen molar-refractivity contribution in [2.24, 2.45) is 0 Å². The molecule has 0 radical (unpaired) electrons. The van der Waals surface area contributed by atoms with Crippen molar-refractivity contribution >= 4 is 12.0 Å². The summed E-state index contributed by atoms with van der Waals surface area (Å²) >= 11 is 0. The molecule has 0 aromatic heterocycles. The van der Waals surface area contributed by atoms with Gasteiger partial charge in [0, 0.05) is 0 Å². The maximum Gasteiger partial charge on any atom is 0.280 e. The molecule has 0 N–H and O–H groups in total.